The summed E-state index contributed by atoms with van der Waals surface area (Å²) >= 11 is 0. The van der Waals surface area contributed by atoms with E-state index in [0.717, 1.165) is 5.56 Å². The maximum Gasteiger partial charge on any atom is 0.309 e. The van der Waals surface area contributed by atoms with Crippen LogP contribution in [-0.4, -0.2) is 17.0 Å². The second-order valence-electron chi connectivity index (χ2n) is 4.30. The van der Waals surface area contributed by atoms with Crippen LogP contribution >= 0.6 is 0 Å². The van der Waals surface area contributed by atoms with Crippen molar-refractivity contribution in [1.29, 1.82) is 0 Å². The van der Waals surface area contributed by atoms with E-state index in [2.05, 4.69) is 0 Å². The van der Waals surface area contributed by atoms with Gasteiger partial charge in [0, 0.05) is 0 Å². The molecular weight excluding hydrogens is 220 g/mol. The quantitative estimate of drug-likeness (QED) is 0.807. The van der Waals surface area contributed by atoms with Gasteiger partial charge in [0.25, 0.3) is 0 Å². The number of carbonyl (C=O) groups is 2. The number of hydrogen-bond acceptors (Lipinski definition) is 3. The summed E-state index contributed by atoms with van der Waals surface area (Å²) in [5, 5.41) is 8.69. The molecule has 0 aromatic heterocycles. The minimum absolute atomic E-state index is 0.236. The lowest BCUT2D eigenvalue weighted by atomic mass is 9.75. The summed E-state index contributed by atoms with van der Waals surface area (Å²) in [5.41, 5.74) is 0.940. The zero-order chi connectivity index (χ0) is 12.3. The first kappa shape index (κ1) is 11.6. The highest BCUT2D eigenvalue weighted by Crippen LogP contribution is 2.34. The minimum Gasteiger partial charge on any atom is -0.481 e. The maximum atomic E-state index is 11.6. The van der Waals surface area contributed by atoms with Gasteiger partial charge in [-0.25, -0.2) is 0 Å². The lowest BCUT2D eigenvalue weighted by Crippen LogP contribution is -2.36. The third kappa shape index (κ3) is 2.84. The Morgan fingerprint density at radius 3 is 2.41 bits per heavy atom. The number of carbonyl (C=O) groups excluding carboxylic acids is 1. The van der Waals surface area contributed by atoms with Crippen LogP contribution in [0.5, 0.6) is 0 Å². The number of benzene rings is 1. The van der Waals surface area contributed by atoms with Crippen LogP contribution in [0.4, 0.5) is 0 Å². The van der Waals surface area contributed by atoms with Gasteiger partial charge < -0.3 is 9.84 Å². The Kier molecular flexibility index (Phi) is 3.42. The predicted molar refractivity (Wildman–Crippen MR) is 60.1 cm³/mol. The number of carboxylic acid groups (broad SMARTS) is 1. The van der Waals surface area contributed by atoms with E-state index in [1.54, 1.807) is 0 Å². The zero-order valence-corrected chi connectivity index (χ0v) is 9.33. The SMILES string of the molecule is O=C(O)C1CC(C(=O)OCc2ccccc2)C1. The van der Waals surface area contributed by atoms with Crippen LogP contribution in [-0.2, 0) is 20.9 Å². The molecule has 0 amide bonds. The number of esters is 1. The molecule has 1 N–H and O–H groups in total. The van der Waals surface area contributed by atoms with E-state index in [-0.39, 0.29) is 24.4 Å². The molecule has 1 fully saturated rings. The lowest BCUT2D eigenvalue weighted by Gasteiger charge is -2.30. The summed E-state index contributed by atoms with van der Waals surface area (Å²) in [6.45, 7) is 0.258. The van der Waals surface area contributed by atoms with E-state index >= 15 is 0 Å². The monoisotopic (exact) mass is 234 g/mol. The van der Waals surface area contributed by atoms with Gasteiger partial charge in [0.05, 0.1) is 11.8 Å². The Labute approximate surface area is 99.2 Å². The van der Waals surface area contributed by atoms with Crippen molar-refractivity contribution >= 4 is 11.9 Å². The molecular formula is C13H14O4. The summed E-state index contributed by atoms with van der Waals surface area (Å²) < 4.78 is 5.13. The fourth-order valence-electron chi connectivity index (χ4n) is 1.86. The predicted octanol–water partition coefficient (Wildman–Crippen LogP) is 1.84. The largest absolute Gasteiger partial charge is 0.481 e. The van der Waals surface area contributed by atoms with Crippen molar-refractivity contribution in [1.82, 2.24) is 0 Å². The molecule has 0 radical (unpaired) electrons. The number of ether oxygens (including phenoxy) is 1. The molecule has 0 saturated heterocycles. The van der Waals surface area contributed by atoms with Crippen LogP contribution in [0.3, 0.4) is 0 Å². The van der Waals surface area contributed by atoms with Crippen molar-refractivity contribution in [3.8, 4) is 0 Å². The summed E-state index contributed by atoms with van der Waals surface area (Å²) in [5.74, 6) is -1.72. The van der Waals surface area contributed by atoms with E-state index in [1.807, 2.05) is 30.3 Å². The smallest absolute Gasteiger partial charge is 0.309 e. The Hall–Kier alpha value is -1.84. The number of carboxylic acids is 1. The summed E-state index contributed by atoms with van der Waals surface area (Å²) in [7, 11) is 0. The number of rotatable bonds is 4. The van der Waals surface area contributed by atoms with E-state index in [1.165, 1.54) is 0 Å². The van der Waals surface area contributed by atoms with Crippen LogP contribution in [0.25, 0.3) is 0 Å². The molecule has 4 nitrogen and oxygen atoms in total. The molecule has 90 valence electrons. The molecule has 1 aromatic rings. The van der Waals surface area contributed by atoms with Crippen molar-refractivity contribution in [2.75, 3.05) is 0 Å². The summed E-state index contributed by atoms with van der Waals surface area (Å²) in [6.07, 6.45) is 0.811. The highest BCUT2D eigenvalue weighted by Gasteiger charge is 2.39. The van der Waals surface area contributed by atoms with Gasteiger partial charge in [0.1, 0.15) is 6.61 Å². The molecule has 2 rings (SSSR count). The first-order valence-corrected chi connectivity index (χ1v) is 5.60. The van der Waals surface area contributed by atoms with Crippen molar-refractivity contribution in [3.63, 3.8) is 0 Å². The summed E-state index contributed by atoms with van der Waals surface area (Å²) in [6, 6.07) is 9.43. The Bertz CT molecular complexity index is 407. The van der Waals surface area contributed by atoms with Gasteiger partial charge in [0.15, 0.2) is 0 Å². The minimum atomic E-state index is -0.822. The molecule has 0 spiro atoms. The van der Waals surface area contributed by atoms with E-state index < -0.39 is 5.97 Å². The van der Waals surface area contributed by atoms with Crippen molar-refractivity contribution in [2.45, 2.75) is 19.4 Å². The Morgan fingerprint density at radius 2 is 1.82 bits per heavy atom. The van der Waals surface area contributed by atoms with Crippen LogP contribution in [0, 0.1) is 11.8 Å². The van der Waals surface area contributed by atoms with Gasteiger partial charge in [-0.3, -0.25) is 9.59 Å². The highest BCUT2D eigenvalue weighted by atomic mass is 16.5. The second kappa shape index (κ2) is 4.99. The maximum absolute atomic E-state index is 11.6. The first-order valence-electron chi connectivity index (χ1n) is 5.60. The van der Waals surface area contributed by atoms with Crippen LogP contribution in [0.2, 0.25) is 0 Å². The molecule has 4 heteroatoms. The van der Waals surface area contributed by atoms with E-state index in [0.29, 0.717) is 12.8 Å². The lowest BCUT2D eigenvalue weighted by molar-refractivity contribution is -0.159. The van der Waals surface area contributed by atoms with Gasteiger partial charge in [-0.1, -0.05) is 30.3 Å². The van der Waals surface area contributed by atoms with Gasteiger partial charge >= 0.3 is 11.9 Å². The summed E-state index contributed by atoms with van der Waals surface area (Å²) in [4.78, 5) is 22.1. The third-order valence-electron chi connectivity index (χ3n) is 3.04. The first-order chi connectivity index (χ1) is 8.16. The molecule has 1 aliphatic carbocycles. The van der Waals surface area contributed by atoms with Crippen molar-refractivity contribution < 1.29 is 19.4 Å². The zero-order valence-electron chi connectivity index (χ0n) is 9.33. The van der Waals surface area contributed by atoms with Gasteiger partial charge in [-0.05, 0) is 18.4 Å². The molecule has 0 aliphatic heterocycles. The fraction of sp³-hybridized carbons (Fsp3) is 0.385. The van der Waals surface area contributed by atoms with Gasteiger partial charge in [-0.15, -0.1) is 0 Å². The topological polar surface area (TPSA) is 63.6 Å². The van der Waals surface area contributed by atoms with Crippen molar-refractivity contribution in [3.05, 3.63) is 35.9 Å². The number of aliphatic carboxylic acids is 1. The molecule has 1 aromatic carbocycles. The average molecular weight is 234 g/mol. The highest BCUT2D eigenvalue weighted by molar-refractivity contribution is 5.79. The van der Waals surface area contributed by atoms with Gasteiger partial charge in [-0.2, -0.15) is 0 Å². The Morgan fingerprint density at radius 1 is 1.18 bits per heavy atom. The average Bonchev–Trinajstić information content (AvgIpc) is 2.25. The molecule has 1 saturated carbocycles. The standard InChI is InChI=1S/C13H14O4/c14-12(15)10-6-11(7-10)13(16)17-8-9-4-2-1-3-5-9/h1-5,10-11H,6-8H2,(H,14,15). The number of hydrogen-bond donors (Lipinski definition) is 1. The molecule has 0 atom stereocenters. The normalized spacial score (nSPS) is 22.6. The molecule has 17 heavy (non-hydrogen) atoms. The molecule has 1 aliphatic rings. The molecule has 0 bridgehead atoms. The van der Waals surface area contributed by atoms with Crippen molar-refractivity contribution in [2.24, 2.45) is 11.8 Å². The van der Waals surface area contributed by atoms with Crippen LogP contribution < -0.4 is 0 Å². The van der Waals surface area contributed by atoms with Gasteiger partial charge in [0.2, 0.25) is 0 Å². The van der Waals surface area contributed by atoms with E-state index in [4.69, 9.17) is 9.84 Å². The fourth-order valence-corrected chi connectivity index (χ4v) is 1.86. The van der Waals surface area contributed by atoms with Crippen LogP contribution in [0.1, 0.15) is 18.4 Å². The van der Waals surface area contributed by atoms with E-state index in [9.17, 15) is 9.59 Å². The third-order valence-corrected chi connectivity index (χ3v) is 3.04. The molecule has 0 unspecified atom stereocenters. The second-order valence-corrected chi connectivity index (χ2v) is 4.30. The molecule has 0 heterocycles. The Balaban J connectivity index is 1.74. The van der Waals surface area contributed by atoms with Crippen LogP contribution in [0.15, 0.2) is 30.3 Å².